The predicted octanol–water partition coefficient (Wildman–Crippen LogP) is 2.23. The van der Waals surface area contributed by atoms with E-state index in [0.717, 1.165) is 19.4 Å². The quantitative estimate of drug-likeness (QED) is 0.798. The third kappa shape index (κ3) is 3.03. The van der Waals surface area contributed by atoms with E-state index in [0.29, 0.717) is 30.4 Å². The average Bonchev–Trinajstić information content (AvgIpc) is 2.83. The largest absolute Gasteiger partial charge is 0.491 e. The fourth-order valence-electron chi connectivity index (χ4n) is 1.75. The zero-order valence-corrected chi connectivity index (χ0v) is 10.1. The molecule has 0 aromatic heterocycles. The smallest absolute Gasteiger partial charge is 0.146 e. The predicted molar refractivity (Wildman–Crippen MR) is 66.5 cm³/mol. The molecule has 1 unspecified atom stereocenters. The van der Waals surface area contributed by atoms with Crippen molar-refractivity contribution >= 4 is 5.69 Å². The van der Waals surface area contributed by atoms with Gasteiger partial charge < -0.3 is 19.9 Å². The number of nitrogen functional groups attached to an aromatic ring is 1. The van der Waals surface area contributed by atoms with Gasteiger partial charge in [-0.05, 0) is 18.6 Å². The molecule has 4 heteroatoms. The van der Waals surface area contributed by atoms with E-state index in [1.165, 1.54) is 0 Å². The maximum absolute atomic E-state index is 6.01. The number of anilines is 1. The molecule has 2 N–H and O–H groups in total. The van der Waals surface area contributed by atoms with Crippen LogP contribution >= 0.6 is 0 Å². The number of hydrogen-bond acceptors (Lipinski definition) is 4. The first-order chi connectivity index (χ1) is 8.31. The van der Waals surface area contributed by atoms with Crippen LogP contribution in [0.4, 0.5) is 5.69 Å². The Kier molecular flexibility index (Phi) is 4.09. The first-order valence-corrected chi connectivity index (χ1v) is 6.07. The maximum Gasteiger partial charge on any atom is 0.146 e. The monoisotopic (exact) mass is 237 g/mol. The van der Waals surface area contributed by atoms with E-state index >= 15 is 0 Å². The second kappa shape index (κ2) is 5.77. The summed E-state index contributed by atoms with van der Waals surface area (Å²) >= 11 is 0. The van der Waals surface area contributed by atoms with Gasteiger partial charge in [0.25, 0.3) is 0 Å². The van der Waals surface area contributed by atoms with Crippen LogP contribution in [0, 0.1) is 0 Å². The molecular weight excluding hydrogens is 218 g/mol. The van der Waals surface area contributed by atoms with E-state index in [4.69, 9.17) is 19.9 Å². The molecule has 0 radical (unpaired) electrons. The Labute approximate surface area is 102 Å². The van der Waals surface area contributed by atoms with E-state index in [2.05, 4.69) is 6.92 Å². The third-order valence-electron chi connectivity index (χ3n) is 2.67. The Bertz CT molecular complexity index is 362. The summed E-state index contributed by atoms with van der Waals surface area (Å²) in [6, 6.07) is 5.63. The van der Waals surface area contributed by atoms with Gasteiger partial charge in [0.2, 0.25) is 0 Å². The van der Waals surface area contributed by atoms with Crippen molar-refractivity contribution < 1.29 is 14.2 Å². The molecule has 1 atom stereocenters. The average molecular weight is 237 g/mol. The maximum atomic E-state index is 6.01. The van der Waals surface area contributed by atoms with Gasteiger partial charge in [-0.15, -0.1) is 0 Å². The first-order valence-electron chi connectivity index (χ1n) is 6.07. The van der Waals surface area contributed by atoms with Crippen LogP contribution in [-0.4, -0.2) is 25.9 Å². The number of ether oxygens (including phenoxy) is 3. The molecule has 1 aliphatic heterocycles. The summed E-state index contributed by atoms with van der Waals surface area (Å²) in [6.45, 7) is 4.13. The van der Waals surface area contributed by atoms with Gasteiger partial charge in [0.05, 0.1) is 19.8 Å². The zero-order valence-electron chi connectivity index (χ0n) is 10.1. The lowest BCUT2D eigenvalue weighted by molar-refractivity contribution is 0.141. The van der Waals surface area contributed by atoms with Gasteiger partial charge in [-0.25, -0.2) is 0 Å². The lowest BCUT2D eigenvalue weighted by Crippen LogP contribution is -2.16. The molecule has 0 spiro atoms. The highest BCUT2D eigenvalue weighted by Gasteiger charge is 2.19. The molecule has 1 heterocycles. The Morgan fingerprint density at radius 2 is 2.24 bits per heavy atom. The Balaban J connectivity index is 2.05. The first kappa shape index (κ1) is 12.0. The van der Waals surface area contributed by atoms with Crippen molar-refractivity contribution in [2.45, 2.75) is 25.9 Å². The second-order valence-corrected chi connectivity index (χ2v) is 4.12. The van der Waals surface area contributed by atoms with E-state index < -0.39 is 0 Å². The Morgan fingerprint density at radius 3 is 2.94 bits per heavy atom. The third-order valence-corrected chi connectivity index (χ3v) is 2.67. The zero-order chi connectivity index (χ0) is 12.1. The highest BCUT2D eigenvalue weighted by Crippen LogP contribution is 2.32. The summed E-state index contributed by atoms with van der Waals surface area (Å²) in [6.07, 6.45) is 1.99. The van der Waals surface area contributed by atoms with Gasteiger partial charge >= 0.3 is 0 Å². The van der Waals surface area contributed by atoms with Crippen LogP contribution in [-0.2, 0) is 4.74 Å². The fraction of sp³-hybridized carbons (Fsp3) is 0.538. The Hall–Kier alpha value is -1.42. The van der Waals surface area contributed by atoms with Gasteiger partial charge in [-0.2, -0.15) is 0 Å². The number of hydrogen-bond donors (Lipinski definition) is 1. The highest BCUT2D eigenvalue weighted by molar-refractivity contribution is 5.62. The van der Waals surface area contributed by atoms with Crippen LogP contribution in [0.1, 0.15) is 19.8 Å². The van der Waals surface area contributed by atoms with Crippen LogP contribution in [0.3, 0.4) is 0 Å². The number of para-hydroxylation sites is 1. The molecule has 1 fully saturated rings. The fourth-order valence-corrected chi connectivity index (χ4v) is 1.75. The lowest BCUT2D eigenvalue weighted by Gasteiger charge is -2.16. The molecule has 0 aliphatic carbocycles. The van der Waals surface area contributed by atoms with Crippen LogP contribution in [0.5, 0.6) is 11.5 Å². The Morgan fingerprint density at radius 1 is 1.41 bits per heavy atom. The van der Waals surface area contributed by atoms with Crippen LogP contribution in [0.25, 0.3) is 0 Å². The van der Waals surface area contributed by atoms with Crippen LogP contribution < -0.4 is 15.2 Å². The van der Waals surface area contributed by atoms with Gasteiger partial charge in [0, 0.05) is 6.42 Å². The molecule has 0 bridgehead atoms. The molecule has 1 saturated heterocycles. The van der Waals surface area contributed by atoms with Crippen LogP contribution in [0.2, 0.25) is 0 Å². The summed E-state index contributed by atoms with van der Waals surface area (Å²) < 4.78 is 16.6. The van der Waals surface area contributed by atoms with Gasteiger partial charge in [0.15, 0.2) is 0 Å². The van der Waals surface area contributed by atoms with E-state index in [-0.39, 0.29) is 6.10 Å². The van der Waals surface area contributed by atoms with Gasteiger partial charge in [0.1, 0.15) is 23.3 Å². The van der Waals surface area contributed by atoms with Crippen LogP contribution in [0.15, 0.2) is 18.2 Å². The molecule has 1 aromatic rings. The van der Waals surface area contributed by atoms with Crippen molar-refractivity contribution in [2.24, 2.45) is 0 Å². The summed E-state index contributed by atoms with van der Waals surface area (Å²) in [5.41, 5.74) is 6.59. The van der Waals surface area contributed by atoms with Crippen molar-refractivity contribution in [1.82, 2.24) is 0 Å². The summed E-state index contributed by atoms with van der Waals surface area (Å²) in [5, 5.41) is 0. The summed E-state index contributed by atoms with van der Waals surface area (Å²) in [4.78, 5) is 0. The number of rotatable bonds is 5. The molecule has 0 amide bonds. The molecule has 1 aromatic carbocycles. The van der Waals surface area contributed by atoms with Crippen molar-refractivity contribution in [3.05, 3.63) is 18.2 Å². The number of benzene rings is 1. The number of nitrogens with two attached hydrogens (primary N) is 1. The van der Waals surface area contributed by atoms with E-state index in [9.17, 15) is 0 Å². The molecule has 0 saturated carbocycles. The minimum atomic E-state index is 0.110. The van der Waals surface area contributed by atoms with Gasteiger partial charge in [-0.3, -0.25) is 0 Å². The minimum Gasteiger partial charge on any atom is -0.491 e. The standard InChI is InChI=1S/C13H19NO3/c1-2-7-16-11-4-3-5-12(13(11)14)17-10-6-8-15-9-10/h3-5,10H,2,6-9,14H2,1H3. The normalized spacial score (nSPS) is 19.2. The molecule has 94 valence electrons. The van der Waals surface area contributed by atoms with Crippen molar-refractivity contribution in [3.63, 3.8) is 0 Å². The van der Waals surface area contributed by atoms with E-state index in [1.54, 1.807) is 0 Å². The minimum absolute atomic E-state index is 0.110. The lowest BCUT2D eigenvalue weighted by atomic mass is 10.2. The van der Waals surface area contributed by atoms with Crippen molar-refractivity contribution in [1.29, 1.82) is 0 Å². The highest BCUT2D eigenvalue weighted by atomic mass is 16.5. The van der Waals surface area contributed by atoms with E-state index in [1.807, 2.05) is 18.2 Å². The topological polar surface area (TPSA) is 53.7 Å². The summed E-state index contributed by atoms with van der Waals surface area (Å²) in [7, 11) is 0. The van der Waals surface area contributed by atoms with Crippen molar-refractivity contribution in [2.75, 3.05) is 25.6 Å². The van der Waals surface area contributed by atoms with Gasteiger partial charge in [-0.1, -0.05) is 13.0 Å². The molecule has 1 aliphatic rings. The van der Waals surface area contributed by atoms with Crippen molar-refractivity contribution in [3.8, 4) is 11.5 Å². The SMILES string of the molecule is CCCOc1cccc(OC2CCOC2)c1N. The second-order valence-electron chi connectivity index (χ2n) is 4.12. The molecule has 2 rings (SSSR count). The molecular formula is C13H19NO3. The molecule has 4 nitrogen and oxygen atoms in total. The molecule has 17 heavy (non-hydrogen) atoms. The summed E-state index contributed by atoms with van der Waals surface area (Å²) in [5.74, 6) is 1.39.